The highest BCUT2D eigenvalue weighted by atomic mass is 16.5. The van der Waals surface area contributed by atoms with Gasteiger partial charge in [-0.1, -0.05) is 18.2 Å². The number of likely N-dealkylation sites (tertiary alicyclic amines) is 1. The predicted octanol–water partition coefficient (Wildman–Crippen LogP) is 3.38. The van der Waals surface area contributed by atoms with E-state index < -0.39 is 23.9 Å². The van der Waals surface area contributed by atoms with Gasteiger partial charge in [-0.25, -0.2) is 4.79 Å². The van der Waals surface area contributed by atoms with Crippen molar-refractivity contribution >= 4 is 11.8 Å². The summed E-state index contributed by atoms with van der Waals surface area (Å²) in [6.45, 7) is 5.25. The number of rotatable bonds is 14. The Morgan fingerprint density at radius 2 is 1.76 bits per heavy atom. The Kier molecular flexibility index (Phi) is 11.3. The number of carboxylic acid groups (broad SMARTS) is 1. The molecule has 0 radical (unpaired) electrons. The van der Waals surface area contributed by atoms with E-state index in [0.29, 0.717) is 19.0 Å². The summed E-state index contributed by atoms with van der Waals surface area (Å²) in [7, 11) is 4.83. The molecule has 11 nitrogen and oxygen atoms in total. The number of nitrogens with zero attached hydrogens (tertiary/aromatic N) is 2. The lowest BCUT2D eigenvalue weighted by molar-refractivity contribution is -0.132. The molecule has 2 aliphatic rings. The number of methoxy groups -OCH3 is 3. The number of aliphatic hydroxyl groups is 1. The molecule has 0 spiro atoms. The molecule has 2 heterocycles. The van der Waals surface area contributed by atoms with Crippen molar-refractivity contribution < 1.29 is 43.4 Å². The van der Waals surface area contributed by atoms with E-state index in [2.05, 4.69) is 11.0 Å². The van der Waals surface area contributed by atoms with Crippen LogP contribution >= 0.6 is 0 Å². The summed E-state index contributed by atoms with van der Waals surface area (Å²) >= 11 is 0. The minimum atomic E-state index is -1.23. The highest BCUT2D eigenvalue weighted by molar-refractivity contribution is 5.65. The van der Waals surface area contributed by atoms with Crippen LogP contribution < -0.4 is 14.4 Å². The molecule has 2 aromatic carbocycles. The number of anilines is 1. The molecule has 4 rings (SSSR count). The molecule has 0 aromatic heterocycles. The van der Waals surface area contributed by atoms with Gasteiger partial charge in [0.1, 0.15) is 23.7 Å². The lowest BCUT2D eigenvalue weighted by Crippen LogP contribution is -2.55. The molecule has 0 saturated carbocycles. The molecule has 1 saturated heterocycles. The van der Waals surface area contributed by atoms with E-state index in [-0.39, 0.29) is 38.8 Å². The minimum absolute atomic E-state index is 0.0257. The lowest BCUT2D eigenvalue weighted by Gasteiger charge is -2.43. The Morgan fingerprint density at radius 3 is 2.43 bits per heavy atom. The van der Waals surface area contributed by atoms with E-state index in [4.69, 9.17) is 28.4 Å². The Balaban J connectivity index is 1.57. The van der Waals surface area contributed by atoms with E-state index in [1.54, 1.807) is 21.1 Å². The third kappa shape index (κ3) is 8.26. The molecule has 0 bridgehead atoms. The SMILES string of the molecule is COCCCN1CCOc2ccc(CO[C@H]3CN(C(=O)O)C[C@@H](OCC(C)(O)COC)[C@@H]3c3ccc(OC)cc3)cc21. The van der Waals surface area contributed by atoms with Crippen molar-refractivity contribution in [1.82, 2.24) is 4.90 Å². The smallest absolute Gasteiger partial charge is 0.407 e. The van der Waals surface area contributed by atoms with Gasteiger partial charge in [0, 0.05) is 33.3 Å². The number of piperidine rings is 1. The predicted molar refractivity (Wildman–Crippen MR) is 157 cm³/mol. The van der Waals surface area contributed by atoms with Crippen LogP contribution in [0.2, 0.25) is 0 Å². The molecule has 1 fully saturated rings. The highest BCUT2D eigenvalue weighted by Gasteiger charge is 2.42. The maximum atomic E-state index is 12.2. The van der Waals surface area contributed by atoms with Crippen LogP contribution in [0.1, 0.15) is 30.4 Å². The van der Waals surface area contributed by atoms with E-state index in [0.717, 1.165) is 42.1 Å². The van der Waals surface area contributed by atoms with Crippen LogP contribution in [0, 0.1) is 0 Å². The van der Waals surface area contributed by atoms with Gasteiger partial charge < -0.3 is 48.4 Å². The summed E-state index contributed by atoms with van der Waals surface area (Å²) in [6, 6.07) is 13.7. The lowest BCUT2D eigenvalue weighted by atomic mass is 9.84. The summed E-state index contributed by atoms with van der Waals surface area (Å²) in [6.07, 6.45) is -1.21. The first kappa shape index (κ1) is 31.8. The average Bonchev–Trinajstić information content (AvgIpc) is 2.99. The summed E-state index contributed by atoms with van der Waals surface area (Å²) in [5.74, 6) is 1.26. The zero-order chi connectivity index (χ0) is 30.1. The number of ether oxygens (including phenoxy) is 6. The number of amides is 1. The second-order valence-corrected chi connectivity index (χ2v) is 11.1. The average molecular weight is 589 g/mol. The molecule has 1 amide bonds. The number of hydrogen-bond donors (Lipinski definition) is 2. The molecule has 11 heteroatoms. The molecular formula is C31H44N2O9. The molecule has 4 atom stereocenters. The van der Waals surface area contributed by atoms with Crippen LogP contribution in [0.25, 0.3) is 0 Å². The third-order valence-corrected chi connectivity index (χ3v) is 7.66. The van der Waals surface area contributed by atoms with Crippen molar-refractivity contribution in [2.75, 3.05) is 78.8 Å². The van der Waals surface area contributed by atoms with Gasteiger partial charge in [-0.2, -0.15) is 0 Å². The van der Waals surface area contributed by atoms with Crippen molar-refractivity contribution in [3.63, 3.8) is 0 Å². The van der Waals surface area contributed by atoms with Crippen molar-refractivity contribution in [2.24, 2.45) is 0 Å². The maximum Gasteiger partial charge on any atom is 0.407 e. The van der Waals surface area contributed by atoms with Crippen molar-refractivity contribution in [1.29, 1.82) is 0 Å². The molecule has 0 aliphatic carbocycles. The normalized spacial score (nSPS) is 21.8. The Hall–Kier alpha value is -3.09. The molecule has 232 valence electrons. The Labute approximate surface area is 247 Å². The molecule has 2 aromatic rings. The summed E-state index contributed by atoms with van der Waals surface area (Å²) in [4.78, 5) is 15.8. The van der Waals surface area contributed by atoms with Crippen LogP contribution in [-0.2, 0) is 25.6 Å². The zero-order valence-corrected chi connectivity index (χ0v) is 25.0. The van der Waals surface area contributed by atoms with E-state index >= 15 is 0 Å². The summed E-state index contributed by atoms with van der Waals surface area (Å²) < 4.78 is 34.4. The highest BCUT2D eigenvalue weighted by Crippen LogP contribution is 2.36. The van der Waals surface area contributed by atoms with Crippen LogP contribution in [0.15, 0.2) is 42.5 Å². The fraction of sp³-hybridized carbons (Fsp3) is 0.581. The van der Waals surface area contributed by atoms with Crippen molar-refractivity contribution in [3.8, 4) is 11.5 Å². The molecule has 42 heavy (non-hydrogen) atoms. The quantitative estimate of drug-likeness (QED) is 0.318. The number of hydrogen-bond acceptors (Lipinski definition) is 9. The van der Waals surface area contributed by atoms with Crippen LogP contribution in [0.5, 0.6) is 11.5 Å². The van der Waals surface area contributed by atoms with Crippen LogP contribution in [-0.4, -0.2) is 113 Å². The van der Waals surface area contributed by atoms with E-state index in [1.165, 1.54) is 12.0 Å². The molecule has 1 unspecified atom stereocenters. The van der Waals surface area contributed by atoms with Gasteiger partial charge in [0.25, 0.3) is 0 Å². The first-order valence-corrected chi connectivity index (χ1v) is 14.3. The fourth-order valence-electron chi connectivity index (χ4n) is 5.58. The maximum absolute atomic E-state index is 12.2. The number of carbonyl (C=O) groups is 1. The Morgan fingerprint density at radius 1 is 1.02 bits per heavy atom. The second-order valence-electron chi connectivity index (χ2n) is 11.1. The van der Waals surface area contributed by atoms with E-state index in [1.807, 2.05) is 36.4 Å². The van der Waals surface area contributed by atoms with Crippen LogP contribution in [0.3, 0.4) is 0 Å². The molecule has 2 N–H and O–H groups in total. The minimum Gasteiger partial charge on any atom is -0.497 e. The standard InChI is InChI=1S/C31H44N2O9/c1-31(36,20-38-3)21-42-28-18-33(30(34)35)17-27(29(28)23-7-9-24(39-4)10-8-23)41-19-22-6-11-26-25(16-22)32(13-15-40-26)12-5-14-37-2/h6-11,16,27-29,36H,5,12-15,17-21H2,1-4H3,(H,34,35)/t27-,28+,29+,31?/m0/s1. The topological polar surface area (TPSA) is 119 Å². The monoisotopic (exact) mass is 588 g/mol. The molecule has 2 aliphatic heterocycles. The van der Waals surface area contributed by atoms with Gasteiger partial charge in [-0.15, -0.1) is 0 Å². The largest absolute Gasteiger partial charge is 0.497 e. The summed E-state index contributed by atoms with van der Waals surface area (Å²) in [5, 5.41) is 20.6. The van der Waals surface area contributed by atoms with Gasteiger partial charge in [-0.3, -0.25) is 0 Å². The van der Waals surface area contributed by atoms with Gasteiger partial charge in [0.15, 0.2) is 0 Å². The fourth-order valence-corrected chi connectivity index (χ4v) is 5.58. The van der Waals surface area contributed by atoms with Gasteiger partial charge in [0.2, 0.25) is 0 Å². The third-order valence-electron chi connectivity index (χ3n) is 7.66. The zero-order valence-electron chi connectivity index (χ0n) is 25.0. The first-order valence-electron chi connectivity index (χ1n) is 14.3. The van der Waals surface area contributed by atoms with Crippen molar-refractivity contribution in [3.05, 3.63) is 53.6 Å². The van der Waals surface area contributed by atoms with Gasteiger partial charge in [-0.05, 0) is 48.7 Å². The summed E-state index contributed by atoms with van der Waals surface area (Å²) in [5.41, 5.74) is 1.67. The van der Waals surface area contributed by atoms with Crippen LogP contribution in [0.4, 0.5) is 10.5 Å². The second kappa shape index (κ2) is 14.9. The number of benzene rings is 2. The molecular weight excluding hydrogens is 544 g/mol. The van der Waals surface area contributed by atoms with Gasteiger partial charge in [0.05, 0.1) is 64.5 Å². The van der Waals surface area contributed by atoms with E-state index in [9.17, 15) is 15.0 Å². The van der Waals surface area contributed by atoms with Crippen molar-refractivity contribution in [2.45, 2.75) is 43.7 Å². The Bertz CT molecular complexity index is 1140. The van der Waals surface area contributed by atoms with Gasteiger partial charge >= 0.3 is 6.09 Å². The number of fused-ring (bicyclic) bond motifs is 1. The first-order chi connectivity index (χ1) is 20.2.